The maximum Gasteiger partial charge on any atom is 0.237 e. The topological polar surface area (TPSA) is 26.0 Å². The highest BCUT2D eigenvalue weighted by Gasteiger charge is 2.11. The van der Waals surface area contributed by atoms with E-state index in [0.717, 1.165) is 21.9 Å². The van der Waals surface area contributed by atoms with E-state index < -0.39 is 0 Å². The minimum Gasteiger partial charge on any atom is -0.435 e. The molecule has 3 aromatic rings. The Morgan fingerprint density at radius 1 is 1.17 bits per heavy atom. The van der Waals surface area contributed by atoms with Gasteiger partial charge in [-0.05, 0) is 42.7 Å². The fourth-order valence-electron chi connectivity index (χ4n) is 1.92. The molecule has 0 N–H and O–H groups in total. The fraction of sp³-hybridized carbons (Fsp3) is 0.267. The number of fused-ring (bicyclic) bond motifs is 1. The number of aryl methyl sites for hydroxylation is 1. The van der Waals surface area contributed by atoms with Crippen molar-refractivity contribution in [1.29, 1.82) is 0 Å². The van der Waals surface area contributed by atoms with E-state index in [0.29, 0.717) is 5.92 Å². The molecule has 3 heteroatoms. The molecular weight excluding hydrogens is 242 g/mol. The number of rotatable bonds is 2. The van der Waals surface area contributed by atoms with E-state index in [2.05, 4.69) is 44.0 Å². The highest BCUT2D eigenvalue weighted by Crippen LogP contribution is 2.33. The van der Waals surface area contributed by atoms with Crippen molar-refractivity contribution in [3.05, 3.63) is 40.8 Å². The molecule has 92 valence electrons. The molecule has 0 atom stereocenters. The van der Waals surface area contributed by atoms with Gasteiger partial charge in [-0.1, -0.05) is 19.9 Å². The molecule has 0 amide bonds. The number of hydrogen-bond donors (Lipinski definition) is 0. The lowest BCUT2D eigenvalue weighted by Gasteiger charge is -1.96. The predicted molar refractivity (Wildman–Crippen MR) is 76.1 cm³/mol. The lowest BCUT2D eigenvalue weighted by molar-refractivity contribution is 0.621. The maximum absolute atomic E-state index is 5.83. The van der Waals surface area contributed by atoms with Gasteiger partial charge in [0.15, 0.2) is 5.58 Å². The van der Waals surface area contributed by atoms with E-state index >= 15 is 0 Å². The minimum absolute atomic E-state index is 0.551. The SMILES string of the molecule is Cc1ccc2nc(-c3ccc(C(C)C)s3)oc2c1. The first-order valence-corrected chi connectivity index (χ1v) is 6.92. The highest BCUT2D eigenvalue weighted by molar-refractivity contribution is 7.15. The Bertz CT molecular complexity index is 693. The zero-order chi connectivity index (χ0) is 12.7. The van der Waals surface area contributed by atoms with Gasteiger partial charge < -0.3 is 4.42 Å². The van der Waals surface area contributed by atoms with Gasteiger partial charge >= 0.3 is 0 Å². The van der Waals surface area contributed by atoms with Crippen LogP contribution in [0.1, 0.15) is 30.2 Å². The molecule has 0 fully saturated rings. The van der Waals surface area contributed by atoms with Crippen LogP contribution in [0.2, 0.25) is 0 Å². The second kappa shape index (κ2) is 4.25. The summed E-state index contributed by atoms with van der Waals surface area (Å²) in [4.78, 5) is 7.01. The normalized spacial score (nSPS) is 11.6. The number of nitrogens with zero attached hydrogens (tertiary/aromatic N) is 1. The van der Waals surface area contributed by atoms with Gasteiger partial charge in [0.1, 0.15) is 5.52 Å². The van der Waals surface area contributed by atoms with Crippen LogP contribution in [0, 0.1) is 6.92 Å². The van der Waals surface area contributed by atoms with Crippen molar-refractivity contribution in [3.8, 4) is 10.8 Å². The van der Waals surface area contributed by atoms with Crippen LogP contribution in [0.4, 0.5) is 0 Å². The average Bonchev–Trinajstić information content (AvgIpc) is 2.93. The third-order valence-corrected chi connectivity index (χ3v) is 4.32. The Morgan fingerprint density at radius 2 is 2.00 bits per heavy atom. The first-order chi connectivity index (χ1) is 8.63. The Labute approximate surface area is 110 Å². The number of hydrogen-bond acceptors (Lipinski definition) is 3. The zero-order valence-corrected chi connectivity index (χ0v) is 11.5. The maximum atomic E-state index is 5.83. The molecule has 2 aromatic heterocycles. The molecular formula is C15H15NOS. The molecule has 2 nitrogen and oxygen atoms in total. The largest absolute Gasteiger partial charge is 0.435 e. The van der Waals surface area contributed by atoms with Crippen LogP contribution in [0.5, 0.6) is 0 Å². The van der Waals surface area contributed by atoms with Crippen LogP contribution in [-0.2, 0) is 0 Å². The second-order valence-electron chi connectivity index (χ2n) is 4.85. The summed E-state index contributed by atoms with van der Waals surface area (Å²) in [5.74, 6) is 1.28. The van der Waals surface area contributed by atoms with E-state index in [9.17, 15) is 0 Å². The standard InChI is InChI=1S/C15H15NOS/c1-9(2)13-6-7-14(18-13)15-16-11-5-4-10(3)8-12(11)17-15/h4-9H,1-3H3. The van der Waals surface area contributed by atoms with Crippen LogP contribution in [0.25, 0.3) is 21.9 Å². The van der Waals surface area contributed by atoms with Gasteiger partial charge in [0.2, 0.25) is 5.89 Å². The smallest absolute Gasteiger partial charge is 0.237 e. The highest BCUT2D eigenvalue weighted by atomic mass is 32.1. The minimum atomic E-state index is 0.551. The molecule has 0 unspecified atom stereocenters. The van der Waals surface area contributed by atoms with Crippen molar-refractivity contribution in [2.75, 3.05) is 0 Å². The molecule has 0 aliphatic carbocycles. The van der Waals surface area contributed by atoms with E-state index in [1.807, 2.05) is 12.1 Å². The van der Waals surface area contributed by atoms with Crippen molar-refractivity contribution in [2.45, 2.75) is 26.7 Å². The quantitative estimate of drug-likeness (QED) is 0.646. The summed E-state index contributed by atoms with van der Waals surface area (Å²) in [6, 6.07) is 10.3. The van der Waals surface area contributed by atoms with Gasteiger partial charge in [-0.2, -0.15) is 0 Å². The first-order valence-electron chi connectivity index (χ1n) is 6.11. The Kier molecular flexibility index (Phi) is 2.71. The zero-order valence-electron chi connectivity index (χ0n) is 10.7. The van der Waals surface area contributed by atoms with Crippen LogP contribution >= 0.6 is 11.3 Å². The molecule has 0 spiro atoms. The molecule has 0 saturated carbocycles. The number of oxazole rings is 1. The van der Waals surface area contributed by atoms with Crippen LogP contribution in [0.3, 0.4) is 0 Å². The van der Waals surface area contributed by atoms with E-state index in [-0.39, 0.29) is 0 Å². The van der Waals surface area contributed by atoms with Gasteiger partial charge in [0, 0.05) is 4.88 Å². The van der Waals surface area contributed by atoms with E-state index in [1.54, 1.807) is 11.3 Å². The van der Waals surface area contributed by atoms with Crippen molar-refractivity contribution < 1.29 is 4.42 Å². The second-order valence-corrected chi connectivity index (χ2v) is 5.96. The first kappa shape index (κ1) is 11.5. The molecule has 0 saturated heterocycles. The molecule has 18 heavy (non-hydrogen) atoms. The third kappa shape index (κ3) is 1.95. The van der Waals surface area contributed by atoms with E-state index in [1.165, 1.54) is 10.4 Å². The Morgan fingerprint density at radius 3 is 2.72 bits per heavy atom. The molecule has 0 bridgehead atoms. The van der Waals surface area contributed by atoms with Gasteiger partial charge in [0.25, 0.3) is 0 Å². The lowest BCUT2D eigenvalue weighted by atomic mass is 10.2. The van der Waals surface area contributed by atoms with Crippen LogP contribution in [0.15, 0.2) is 34.7 Å². The summed E-state index contributed by atoms with van der Waals surface area (Å²) in [5.41, 5.74) is 2.99. The van der Waals surface area contributed by atoms with Gasteiger partial charge in [0.05, 0.1) is 4.88 Å². The van der Waals surface area contributed by atoms with Crippen molar-refractivity contribution in [1.82, 2.24) is 4.98 Å². The summed E-state index contributed by atoms with van der Waals surface area (Å²) in [6.45, 7) is 6.46. The number of thiophene rings is 1. The van der Waals surface area contributed by atoms with Gasteiger partial charge in [-0.3, -0.25) is 0 Å². The number of aromatic nitrogens is 1. The van der Waals surface area contributed by atoms with Gasteiger partial charge in [-0.25, -0.2) is 4.98 Å². The summed E-state index contributed by atoms with van der Waals surface area (Å²) in [7, 11) is 0. The Hall–Kier alpha value is -1.61. The van der Waals surface area contributed by atoms with Crippen molar-refractivity contribution in [2.24, 2.45) is 0 Å². The van der Waals surface area contributed by atoms with Crippen LogP contribution in [-0.4, -0.2) is 4.98 Å². The van der Waals surface area contributed by atoms with Gasteiger partial charge in [-0.15, -0.1) is 11.3 Å². The summed E-state index contributed by atoms with van der Waals surface area (Å²) < 4.78 is 5.83. The molecule has 0 radical (unpaired) electrons. The molecule has 0 aliphatic heterocycles. The lowest BCUT2D eigenvalue weighted by Crippen LogP contribution is -1.77. The van der Waals surface area contributed by atoms with Crippen LogP contribution < -0.4 is 0 Å². The van der Waals surface area contributed by atoms with Crippen molar-refractivity contribution >= 4 is 22.4 Å². The summed E-state index contributed by atoms with van der Waals surface area (Å²) in [5, 5.41) is 0. The van der Waals surface area contributed by atoms with Crippen molar-refractivity contribution in [3.63, 3.8) is 0 Å². The fourth-order valence-corrected chi connectivity index (χ4v) is 2.85. The molecule has 2 heterocycles. The average molecular weight is 257 g/mol. The van der Waals surface area contributed by atoms with E-state index in [4.69, 9.17) is 4.42 Å². The monoisotopic (exact) mass is 257 g/mol. The summed E-state index contributed by atoms with van der Waals surface area (Å²) in [6.07, 6.45) is 0. The predicted octanol–water partition coefficient (Wildman–Crippen LogP) is 4.99. The number of benzene rings is 1. The molecule has 0 aliphatic rings. The molecule has 1 aromatic carbocycles. The third-order valence-electron chi connectivity index (χ3n) is 2.95. The Balaban J connectivity index is 2.07. The molecule has 3 rings (SSSR count). The summed E-state index contributed by atoms with van der Waals surface area (Å²) >= 11 is 1.76.